The fraction of sp³-hybridized carbons (Fsp3) is 0.611. The zero-order chi connectivity index (χ0) is 16.5. The molecule has 1 unspecified atom stereocenters. The molecule has 0 amide bonds. The van der Waals surface area contributed by atoms with E-state index in [0.29, 0.717) is 12.1 Å². The van der Waals surface area contributed by atoms with Crippen LogP contribution in [0.1, 0.15) is 46.2 Å². The lowest BCUT2D eigenvalue weighted by molar-refractivity contribution is 0.178. The summed E-state index contributed by atoms with van der Waals surface area (Å²) in [5, 5.41) is 6.84. The highest BCUT2D eigenvalue weighted by Crippen LogP contribution is 2.10. The molecular formula is C18H33IN4. The van der Waals surface area contributed by atoms with Crippen molar-refractivity contribution >= 4 is 29.9 Å². The predicted molar refractivity (Wildman–Crippen MR) is 112 cm³/mol. The zero-order valence-corrected chi connectivity index (χ0v) is 17.7. The van der Waals surface area contributed by atoms with Crippen LogP contribution >= 0.6 is 24.0 Å². The summed E-state index contributed by atoms with van der Waals surface area (Å²) in [6, 6.07) is 11.8. The molecule has 1 rings (SSSR count). The van der Waals surface area contributed by atoms with Gasteiger partial charge in [0, 0.05) is 32.2 Å². The predicted octanol–water partition coefficient (Wildman–Crippen LogP) is 3.65. The Kier molecular flexibility index (Phi) is 11.3. The molecule has 0 aliphatic carbocycles. The van der Waals surface area contributed by atoms with E-state index in [0.717, 1.165) is 19.0 Å². The molecule has 132 valence electrons. The van der Waals surface area contributed by atoms with Gasteiger partial charge >= 0.3 is 0 Å². The summed E-state index contributed by atoms with van der Waals surface area (Å²) in [5.74, 6) is 0.851. The number of guanidine groups is 1. The molecule has 1 atom stereocenters. The van der Waals surface area contributed by atoms with Gasteiger partial charge in [0.2, 0.25) is 0 Å². The molecule has 0 fully saturated rings. The molecule has 4 nitrogen and oxygen atoms in total. The number of hydrogen-bond acceptors (Lipinski definition) is 2. The maximum Gasteiger partial charge on any atom is 0.191 e. The van der Waals surface area contributed by atoms with Crippen molar-refractivity contribution in [2.24, 2.45) is 4.99 Å². The van der Waals surface area contributed by atoms with E-state index >= 15 is 0 Å². The lowest BCUT2D eigenvalue weighted by Crippen LogP contribution is -2.45. The Morgan fingerprint density at radius 1 is 1.04 bits per heavy atom. The first-order chi connectivity index (χ1) is 10.5. The lowest BCUT2D eigenvalue weighted by Gasteiger charge is -2.30. The smallest absolute Gasteiger partial charge is 0.191 e. The van der Waals surface area contributed by atoms with Crippen molar-refractivity contribution in [3.63, 3.8) is 0 Å². The van der Waals surface area contributed by atoms with Gasteiger partial charge in [0.05, 0.1) is 6.04 Å². The monoisotopic (exact) mass is 432 g/mol. The van der Waals surface area contributed by atoms with Crippen LogP contribution in [0.15, 0.2) is 35.3 Å². The first-order valence-electron chi connectivity index (χ1n) is 8.23. The summed E-state index contributed by atoms with van der Waals surface area (Å²) in [6.07, 6.45) is 0. The highest BCUT2D eigenvalue weighted by atomic mass is 127. The molecule has 5 heteroatoms. The Morgan fingerprint density at radius 2 is 1.61 bits per heavy atom. The molecule has 0 radical (unpaired) electrons. The van der Waals surface area contributed by atoms with E-state index < -0.39 is 0 Å². The van der Waals surface area contributed by atoms with Crippen molar-refractivity contribution in [3.05, 3.63) is 35.9 Å². The topological polar surface area (TPSA) is 39.7 Å². The zero-order valence-electron chi connectivity index (χ0n) is 15.3. The summed E-state index contributed by atoms with van der Waals surface area (Å²) in [4.78, 5) is 6.79. The third-order valence-electron chi connectivity index (χ3n) is 3.87. The Hall–Kier alpha value is -0.820. The van der Waals surface area contributed by atoms with Gasteiger partial charge in [-0.2, -0.15) is 0 Å². The second kappa shape index (κ2) is 11.7. The summed E-state index contributed by atoms with van der Waals surface area (Å²) in [5.41, 5.74) is 1.26. The molecular weight excluding hydrogens is 399 g/mol. The number of halogens is 1. The number of aliphatic imine (C=N–C) groups is 1. The second-order valence-corrected chi connectivity index (χ2v) is 6.20. The van der Waals surface area contributed by atoms with Crippen LogP contribution in [0.5, 0.6) is 0 Å². The highest BCUT2D eigenvalue weighted by molar-refractivity contribution is 14.0. The molecule has 0 aromatic heterocycles. The van der Waals surface area contributed by atoms with E-state index in [2.05, 4.69) is 79.4 Å². The fourth-order valence-electron chi connectivity index (χ4n) is 2.64. The van der Waals surface area contributed by atoms with Crippen LogP contribution in [-0.4, -0.2) is 43.1 Å². The van der Waals surface area contributed by atoms with Crippen molar-refractivity contribution in [1.29, 1.82) is 0 Å². The highest BCUT2D eigenvalue weighted by Gasteiger charge is 2.13. The van der Waals surface area contributed by atoms with E-state index in [1.54, 1.807) is 0 Å². The minimum absolute atomic E-state index is 0. The van der Waals surface area contributed by atoms with Gasteiger partial charge in [-0.25, -0.2) is 0 Å². The first kappa shape index (κ1) is 22.2. The maximum atomic E-state index is 4.32. The van der Waals surface area contributed by atoms with Gasteiger partial charge in [0.25, 0.3) is 0 Å². The molecule has 1 aromatic carbocycles. The van der Waals surface area contributed by atoms with Crippen LogP contribution in [0, 0.1) is 0 Å². The molecule has 0 aliphatic rings. The minimum atomic E-state index is 0. The SMILES string of the molecule is CN=C(NCCN(C(C)C)C(C)C)NC(C)c1ccccc1.I. The van der Waals surface area contributed by atoms with Crippen LogP contribution in [-0.2, 0) is 0 Å². The Labute approximate surface area is 159 Å². The van der Waals surface area contributed by atoms with E-state index in [-0.39, 0.29) is 30.0 Å². The largest absolute Gasteiger partial charge is 0.355 e. The summed E-state index contributed by atoms with van der Waals surface area (Å²) < 4.78 is 0. The maximum absolute atomic E-state index is 4.32. The Morgan fingerprint density at radius 3 is 2.09 bits per heavy atom. The van der Waals surface area contributed by atoms with Gasteiger partial charge in [-0.3, -0.25) is 9.89 Å². The molecule has 0 bridgehead atoms. The van der Waals surface area contributed by atoms with Crippen LogP contribution < -0.4 is 10.6 Å². The van der Waals surface area contributed by atoms with Crippen LogP contribution in [0.3, 0.4) is 0 Å². The van der Waals surface area contributed by atoms with Crippen molar-refractivity contribution in [2.75, 3.05) is 20.1 Å². The molecule has 0 saturated heterocycles. The van der Waals surface area contributed by atoms with E-state index in [9.17, 15) is 0 Å². The summed E-state index contributed by atoms with van der Waals surface area (Å²) in [7, 11) is 1.82. The van der Waals surface area contributed by atoms with Gasteiger partial charge < -0.3 is 10.6 Å². The molecule has 0 heterocycles. The number of nitrogens with zero attached hydrogens (tertiary/aromatic N) is 2. The van der Waals surface area contributed by atoms with Crippen LogP contribution in [0.25, 0.3) is 0 Å². The van der Waals surface area contributed by atoms with Crippen molar-refractivity contribution in [2.45, 2.75) is 52.7 Å². The molecule has 23 heavy (non-hydrogen) atoms. The number of hydrogen-bond donors (Lipinski definition) is 2. The van der Waals surface area contributed by atoms with Gasteiger partial charge in [0.15, 0.2) is 5.96 Å². The fourth-order valence-corrected chi connectivity index (χ4v) is 2.64. The Balaban J connectivity index is 0.00000484. The quantitative estimate of drug-likeness (QED) is 0.393. The minimum Gasteiger partial charge on any atom is -0.355 e. The van der Waals surface area contributed by atoms with Gasteiger partial charge in [-0.05, 0) is 40.2 Å². The molecule has 0 saturated carbocycles. The summed E-state index contributed by atoms with van der Waals surface area (Å²) >= 11 is 0. The first-order valence-corrected chi connectivity index (χ1v) is 8.23. The van der Waals surface area contributed by atoms with Crippen LogP contribution in [0.2, 0.25) is 0 Å². The van der Waals surface area contributed by atoms with E-state index in [4.69, 9.17) is 0 Å². The standard InChI is InChI=1S/C18H32N4.HI/c1-14(2)22(15(3)4)13-12-20-18(19-6)21-16(5)17-10-8-7-9-11-17;/h7-11,14-16H,12-13H2,1-6H3,(H2,19,20,21);1H. The van der Waals surface area contributed by atoms with Crippen molar-refractivity contribution in [1.82, 2.24) is 15.5 Å². The average Bonchev–Trinajstić information content (AvgIpc) is 2.50. The van der Waals surface area contributed by atoms with E-state index in [1.807, 2.05) is 13.1 Å². The van der Waals surface area contributed by atoms with Gasteiger partial charge in [-0.15, -0.1) is 24.0 Å². The average molecular weight is 432 g/mol. The number of rotatable bonds is 7. The van der Waals surface area contributed by atoms with Crippen molar-refractivity contribution < 1.29 is 0 Å². The third kappa shape index (κ3) is 8.01. The lowest BCUT2D eigenvalue weighted by atomic mass is 10.1. The normalized spacial score (nSPS) is 13.2. The molecule has 0 spiro atoms. The third-order valence-corrected chi connectivity index (χ3v) is 3.87. The van der Waals surface area contributed by atoms with Crippen molar-refractivity contribution in [3.8, 4) is 0 Å². The van der Waals surface area contributed by atoms with Crippen LogP contribution in [0.4, 0.5) is 0 Å². The number of nitrogens with one attached hydrogen (secondary N) is 2. The number of benzene rings is 1. The van der Waals surface area contributed by atoms with Gasteiger partial charge in [0.1, 0.15) is 0 Å². The second-order valence-electron chi connectivity index (χ2n) is 6.20. The molecule has 1 aromatic rings. The molecule has 2 N–H and O–H groups in total. The van der Waals surface area contributed by atoms with E-state index in [1.165, 1.54) is 5.56 Å². The Bertz CT molecular complexity index is 438. The van der Waals surface area contributed by atoms with Gasteiger partial charge in [-0.1, -0.05) is 30.3 Å². The summed E-state index contributed by atoms with van der Waals surface area (Å²) in [6.45, 7) is 13.0. The molecule has 0 aliphatic heterocycles.